The van der Waals surface area contributed by atoms with Crippen LogP contribution in [0.2, 0.25) is 0 Å². The largest absolute Gasteiger partial charge is 0.494 e. The van der Waals surface area contributed by atoms with Crippen LogP contribution in [0, 0.1) is 0 Å². The van der Waals surface area contributed by atoms with Gasteiger partial charge in [-0.1, -0.05) is 18.2 Å². The molecule has 0 bridgehead atoms. The monoisotopic (exact) mass is 296 g/mol. The molecule has 0 aliphatic rings. The summed E-state index contributed by atoms with van der Waals surface area (Å²) < 4.78 is 10.9. The molecule has 5 nitrogen and oxygen atoms in total. The van der Waals surface area contributed by atoms with Crippen LogP contribution in [0.15, 0.2) is 52.9 Å². The van der Waals surface area contributed by atoms with E-state index in [-0.39, 0.29) is 11.7 Å². The number of furan rings is 1. The van der Waals surface area contributed by atoms with E-state index in [1.807, 2.05) is 31.2 Å². The van der Waals surface area contributed by atoms with Crippen LogP contribution in [0.25, 0.3) is 11.0 Å². The second kappa shape index (κ2) is 5.81. The average molecular weight is 296 g/mol. The van der Waals surface area contributed by atoms with Crippen LogP contribution in [-0.2, 0) is 0 Å². The first kappa shape index (κ1) is 14.0. The number of nitrogens with two attached hydrogens (primary N) is 1. The number of nitrogens with one attached hydrogen (secondary N) is 1. The molecule has 0 saturated carbocycles. The summed E-state index contributed by atoms with van der Waals surface area (Å²) in [5, 5.41) is 3.63. The molecule has 1 amide bonds. The van der Waals surface area contributed by atoms with Crippen LogP contribution >= 0.6 is 0 Å². The van der Waals surface area contributed by atoms with Crippen molar-refractivity contribution in [1.82, 2.24) is 0 Å². The van der Waals surface area contributed by atoms with Crippen molar-refractivity contribution in [2.75, 3.05) is 17.7 Å². The van der Waals surface area contributed by atoms with Gasteiger partial charge in [-0.2, -0.15) is 0 Å². The maximum atomic E-state index is 12.3. The molecule has 0 aliphatic heterocycles. The molecule has 2 aromatic carbocycles. The van der Waals surface area contributed by atoms with Gasteiger partial charge in [-0.15, -0.1) is 0 Å². The second-order valence-corrected chi connectivity index (χ2v) is 4.78. The van der Waals surface area contributed by atoms with Gasteiger partial charge in [0, 0.05) is 11.5 Å². The highest BCUT2D eigenvalue weighted by Crippen LogP contribution is 2.26. The van der Waals surface area contributed by atoms with Gasteiger partial charge in [0.25, 0.3) is 5.91 Å². The number of para-hydroxylation sites is 1. The number of nitrogen functional groups attached to an aromatic ring is 1. The Hall–Kier alpha value is -2.95. The number of hydrogen-bond donors (Lipinski definition) is 2. The molecule has 0 aliphatic carbocycles. The molecule has 5 heteroatoms. The lowest BCUT2D eigenvalue weighted by Gasteiger charge is -2.09. The molecular formula is C17H16N2O3. The maximum Gasteiger partial charge on any atom is 0.291 e. The van der Waals surface area contributed by atoms with Crippen molar-refractivity contribution in [3.63, 3.8) is 0 Å². The summed E-state index contributed by atoms with van der Waals surface area (Å²) in [4.78, 5) is 12.3. The third-order valence-electron chi connectivity index (χ3n) is 3.23. The molecule has 0 fully saturated rings. The van der Waals surface area contributed by atoms with Crippen LogP contribution in [0.5, 0.6) is 5.75 Å². The number of amides is 1. The van der Waals surface area contributed by atoms with E-state index in [1.54, 1.807) is 24.3 Å². The predicted octanol–water partition coefficient (Wildman–Crippen LogP) is 3.67. The molecule has 0 spiro atoms. The lowest BCUT2D eigenvalue weighted by atomic mass is 10.2. The van der Waals surface area contributed by atoms with E-state index in [4.69, 9.17) is 14.9 Å². The first-order valence-corrected chi connectivity index (χ1v) is 6.99. The zero-order valence-electron chi connectivity index (χ0n) is 12.1. The summed E-state index contributed by atoms with van der Waals surface area (Å²) in [6.45, 7) is 2.46. The van der Waals surface area contributed by atoms with E-state index in [9.17, 15) is 4.79 Å². The van der Waals surface area contributed by atoms with Gasteiger partial charge in [-0.05, 0) is 31.2 Å². The van der Waals surface area contributed by atoms with Gasteiger partial charge >= 0.3 is 0 Å². The summed E-state index contributed by atoms with van der Waals surface area (Å²) in [5.41, 5.74) is 7.56. The fourth-order valence-corrected chi connectivity index (χ4v) is 2.19. The Morgan fingerprint density at radius 3 is 2.77 bits per heavy atom. The summed E-state index contributed by atoms with van der Waals surface area (Å²) in [5.74, 6) is 0.572. The molecule has 3 rings (SSSR count). The van der Waals surface area contributed by atoms with E-state index in [0.29, 0.717) is 29.3 Å². The Labute approximate surface area is 127 Å². The van der Waals surface area contributed by atoms with Gasteiger partial charge in [0.2, 0.25) is 0 Å². The molecular weight excluding hydrogens is 280 g/mol. The van der Waals surface area contributed by atoms with Crippen molar-refractivity contribution in [1.29, 1.82) is 0 Å². The average Bonchev–Trinajstić information content (AvgIpc) is 2.94. The van der Waals surface area contributed by atoms with Gasteiger partial charge in [0.15, 0.2) is 5.76 Å². The minimum atomic E-state index is -0.341. The van der Waals surface area contributed by atoms with E-state index in [1.165, 1.54) is 0 Å². The number of hydrogen-bond acceptors (Lipinski definition) is 4. The van der Waals surface area contributed by atoms with E-state index >= 15 is 0 Å². The van der Waals surface area contributed by atoms with Crippen molar-refractivity contribution in [2.45, 2.75) is 6.92 Å². The van der Waals surface area contributed by atoms with Crippen molar-refractivity contribution >= 4 is 28.3 Å². The Bertz CT molecular complexity index is 791. The maximum absolute atomic E-state index is 12.3. The molecule has 0 unspecified atom stereocenters. The van der Waals surface area contributed by atoms with Gasteiger partial charge < -0.3 is 20.2 Å². The number of carbonyl (C=O) groups is 1. The molecule has 0 radical (unpaired) electrons. The fourth-order valence-electron chi connectivity index (χ4n) is 2.19. The lowest BCUT2D eigenvalue weighted by molar-refractivity contribution is 0.0998. The van der Waals surface area contributed by atoms with Crippen molar-refractivity contribution in [3.8, 4) is 5.75 Å². The molecule has 0 atom stereocenters. The minimum absolute atomic E-state index is 0.245. The number of anilines is 2. The summed E-state index contributed by atoms with van der Waals surface area (Å²) in [6.07, 6.45) is 0. The zero-order chi connectivity index (χ0) is 15.5. The fraction of sp³-hybridized carbons (Fsp3) is 0.118. The molecule has 0 saturated heterocycles. The highest BCUT2D eigenvalue weighted by Gasteiger charge is 2.13. The van der Waals surface area contributed by atoms with Gasteiger partial charge in [-0.3, -0.25) is 4.79 Å². The number of ether oxygens (including phenoxy) is 1. The quantitative estimate of drug-likeness (QED) is 0.720. The third-order valence-corrected chi connectivity index (χ3v) is 3.23. The molecule has 1 heterocycles. The first-order chi connectivity index (χ1) is 10.7. The first-order valence-electron chi connectivity index (χ1n) is 6.99. The standard InChI is InChI=1S/C17H16N2O3/c1-2-21-12-7-8-14(13(18)10-12)19-17(20)16-9-11-5-3-4-6-15(11)22-16/h3-10H,2,18H2,1H3,(H,19,20). The van der Waals surface area contributed by atoms with Crippen molar-refractivity contribution < 1.29 is 13.9 Å². The Morgan fingerprint density at radius 1 is 1.23 bits per heavy atom. The zero-order valence-corrected chi connectivity index (χ0v) is 12.1. The molecule has 112 valence electrons. The number of rotatable bonds is 4. The minimum Gasteiger partial charge on any atom is -0.494 e. The molecule has 22 heavy (non-hydrogen) atoms. The van der Waals surface area contributed by atoms with E-state index in [2.05, 4.69) is 5.32 Å². The highest BCUT2D eigenvalue weighted by molar-refractivity contribution is 6.06. The normalized spacial score (nSPS) is 10.6. The Kier molecular flexibility index (Phi) is 3.70. The number of fused-ring (bicyclic) bond motifs is 1. The topological polar surface area (TPSA) is 77.5 Å². The highest BCUT2D eigenvalue weighted by atomic mass is 16.5. The number of benzene rings is 2. The summed E-state index contributed by atoms with van der Waals surface area (Å²) >= 11 is 0. The van der Waals surface area contributed by atoms with E-state index in [0.717, 1.165) is 5.39 Å². The Morgan fingerprint density at radius 2 is 2.05 bits per heavy atom. The van der Waals surface area contributed by atoms with Crippen LogP contribution in [-0.4, -0.2) is 12.5 Å². The van der Waals surface area contributed by atoms with Crippen molar-refractivity contribution in [2.24, 2.45) is 0 Å². The molecule has 3 N–H and O–H groups in total. The van der Waals surface area contributed by atoms with Crippen LogP contribution < -0.4 is 15.8 Å². The summed E-state index contributed by atoms with van der Waals surface area (Å²) in [7, 11) is 0. The van der Waals surface area contributed by atoms with Crippen molar-refractivity contribution in [3.05, 3.63) is 54.3 Å². The SMILES string of the molecule is CCOc1ccc(NC(=O)c2cc3ccccc3o2)c(N)c1. The summed E-state index contributed by atoms with van der Waals surface area (Å²) in [6, 6.07) is 14.3. The Balaban J connectivity index is 1.81. The van der Waals surface area contributed by atoms with Crippen LogP contribution in [0.1, 0.15) is 17.5 Å². The smallest absolute Gasteiger partial charge is 0.291 e. The van der Waals surface area contributed by atoms with Gasteiger partial charge in [-0.25, -0.2) is 0 Å². The van der Waals surface area contributed by atoms with Gasteiger partial charge in [0.1, 0.15) is 11.3 Å². The molecule has 3 aromatic rings. The second-order valence-electron chi connectivity index (χ2n) is 4.78. The number of carbonyl (C=O) groups excluding carboxylic acids is 1. The van der Waals surface area contributed by atoms with Crippen LogP contribution in [0.4, 0.5) is 11.4 Å². The van der Waals surface area contributed by atoms with E-state index < -0.39 is 0 Å². The lowest BCUT2D eigenvalue weighted by Crippen LogP contribution is -2.12. The van der Waals surface area contributed by atoms with Crippen LogP contribution in [0.3, 0.4) is 0 Å². The van der Waals surface area contributed by atoms with Gasteiger partial charge in [0.05, 0.1) is 18.0 Å². The predicted molar refractivity (Wildman–Crippen MR) is 86.2 cm³/mol. The third kappa shape index (κ3) is 2.74. The molecule has 1 aromatic heterocycles.